The summed E-state index contributed by atoms with van der Waals surface area (Å²) in [7, 11) is -4.09. The molecule has 0 saturated heterocycles. The van der Waals surface area contributed by atoms with Gasteiger partial charge in [-0.05, 0) is 37.1 Å². The maximum atomic E-state index is 13.9. The van der Waals surface area contributed by atoms with Crippen molar-refractivity contribution in [1.82, 2.24) is 4.72 Å². The number of benzene rings is 2. The van der Waals surface area contributed by atoms with Gasteiger partial charge in [-0.1, -0.05) is 30.3 Å². The van der Waals surface area contributed by atoms with E-state index < -0.39 is 32.9 Å². The smallest absolute Gasteiger partial charge is 0.243 e. The highest BCUT2D eigenvalue weighted by Crippen LogP contribution is 2.20. The predicted molar refractivity (Wildman–Crippen MR) is 86.9 cm³/mol. The van der Waals surface area contributed by atoms with E-state index in [0.717, 1.165) is 12.1 Å². The lowest BCUT2D eigenvalue weighted by Crippen LogP contribution is -2.34. The first kappa shape index (κ1) is 18.1. The van der Waals surface area contributed by atoms with Crippen LogP contribution in [0.2, 0.25) is 0 Å². The standard InChI is InChI=1S/C17H17FN2O3S/c1-12(9-16(21)14-5-3-2-4-6-14)20-24(22,23)17-8-7-13(11-19)10-15(17)18/h2-8,10,12,16,20-21H,9H2,1H3. The number of halogens is 1. The molecule has 0 aliphatic carbocycles. The molecule has 0 saturated carbocycles. The molecule has 0 fully saturated rings. The van der Waals surface area contributed by atoms with E-state index in [1.807, 2.05) is 6.07 Å². The minimum absolute atomic E-state index is 0.0407. The van der Waals surface area contributed by atoms with Crippen LogP contribution in [0.25, 0.3) is 0 Å². The first-order valence-corrected chi connectivity index (χ1v) is 8.77. The van der Waals surface area contributed by atoms with Crippen LogP contribution in [-0.2, 0) is 10.0 Å². The molecule has 0 radical (unpaired) electrons. The van der Waals surface area contributed by atoms with Crippen LogP contribution in [-0.4, -0.2) is 19.6 Å². The molecular weight excluding hydrogens is 331 g/mol. The van der Waals surface area contributed by atoms with E-state index in [9.17, 15) is 17.9 Å². The molecule has 7 heteroatoms. The number of hydrogen-bond donors (Lipinski definition) is 2. The number of rotatable bonds is 6. The van der Waals surface area contributed by atoms with Crippen LogP contribution in [0.3, 0.4) is 0 Å². The van der Waals surface area contributed by atoms with Gasteiger partial charge in [0.05, 0.1) is 17.7 Å². The molecule has 0 aliphatic heterocycles. The summed E-state index contributed by atoms with van der Waals surface area (Å²) in [5, 5.41) is 18.8. The van der Waals surface area contributed by atoms with Crippen molar-refractivity contribution in [3.63, 3.8) is 0 Å². The lowest BCUT2D eigenvalue weighted by atomic mass is 10.0. The zero-order valence-corrected chi connectivity index (χ0v) is 13.8. The van der Waals surface area contributed by atoms with Crippen LogP contribution in [0.4, 0.5) is 4.39 Å². The van der Waals surface area contributed by atoms with Crippen LogP contribution >= 0.6 is 0 Å². The Bertz CT molecular complexity index is 848. The third kappa shape index (κ3) is 4.38. The van der Waals surface area contributed by atoms with Crippen LogP contribution in [0.5, 0.6) is 0 Å². The molecule has 2 unspecified atom stereocenters. The number of aliphatic hydroxyl groups excluding tert-OH is 1. The highest BCUT2D eigenvalue weighted by molar-refractivity contribution is 7.89. The van der Waals surface area contributed by atoms with Gasteiger partial charge < -0.3 is 5.11 Å². The molecule has 0 aliphatic rings. The van der Waals surface area contributed by atoms with Crippen LogP contribution in [0.15, 0.2) is 53.4 Å². The summed E-state index contributed by atoms with van der Waals surface area (Å²) in [5.41, 5.74) is 0.715. The Morgan fingerprint density at radius 3 is 2.50 bits per heavy atom. The lowest BCUT2D eigenvalue weighted by molar-refractivity contribution is 0.158. The second-order valence-electron chi connectivity index (χ2n) is 5.44. The molecule has 0 amide bonds. The average Bonchev–Trinajstić information content (AvgIpc) is 2.54. The van der Waals surface area contributed by atoms with Gasteiger partial charge in [0.1, 0.15) is 10.7 Å². The molecule has 5 nitrogen and oxygen atoms in total. The first-order chi connectivity index (χ1) is 11.3. The van der Waals surface area contributed by atoms with Gasteiger partial charge in [-0.3, -0.25) is 0 Å². The largest absolute Gasteiger partial charge is 0.388 e. The quantitative estimate of drug-likeness (QED) is 0.839. The molecule has 2 aromatic rings. The van der Waals surface area contributed by atoms with E-state index in [0.29, 0.717) is 5.56 Å². The molecule has 2 aromatic carbocycles. The van der Waals surface area contributed by atoms with Crippen molar-refractivity contribution in [2.24, 2.45) is 0 Å². The molecule has 0 aromatic heterocycles. The van der Waals surface area contributed by atoms with Crippen molar-refractivity contribution in [3.8, 4) is 6.07 Å². The summed E-state index contributed by atoms with van der Waals surface area (Å²) in [4.78, 5) is -0.525. The van der Waals surface area contributed by atoms with Gasteiger partial charge in [-0.25, -0.2) is 17.5 Å². The molecule has 0 bridgehead atoms. The number of hydrogen-bond acceptors (Lipinski definition) is 4. The van der Waals surface area contributed by atoms with Gasteiger partial charge in [-0.15, -0.1) is 0 Å². The number of sulfonamides is 1. The summed E-state index contributed by atoms with van der Waals surface area (Å²) in [6.45, 7) is 1.59. The molecule has 126 valence electrons. The van der Waals surface area contributed by atoms with Gasteiger partial charge in [-0.2, -0.15) is 5.26 Å². The van der Waals surface area contributed by atoms with E-state index >= 15 is 0 Å². The van der Waals surface area contributed by atoms with E-state index in [2.05, 4.69) is 4.72 Å². The fourth-order valence-corrected chi connectivity index (χ4v) is 3.63. The minimum Gasteiger partial charge on any atom is -0.388 e. The third-order valence-electron chi connectivity index (χ3n) is 3.47. The SMILES string of the molecule is CC(CC(O)c1ccccc1)NS(=O)(=O)c1ccc(C#N)cc1F. The molecule has 2 N–H and O–H groups in total. The second kappa shape index (κ2) is 7.53. The van der Waals surface area contributed by atoms with Gasteiger partial charge in [0.15, 0.2) is 0 Å². The van der Waals surface area contributed by atoms with Gasteiger partial charge >= 0.3 is 0 Å². The Balaban J connectivity index is 2.10. The van der Waals surface area contributed by atoms with Gasteiger partial charge in [0.2, 0.25) is 10.0 Å². The normalized spacial score (nSPS) is 13.9. The Labute approximate surface area is 140 Å². The van der Waals surface area contributed by atoms with Crippen molar-refractivity contribution in [2.45, 2.75) is 30.4 Å². The van der Waals surface area contributed by atoms with Gasteiger partial charge in [0, 0.05) is 6.04 Å². The van der Waals surface area contributed by atoms with Crippen LogP contribution in [0.1, 0.15) is 30.6 Å². The molecule has 0 heterocycles. The average molecular weight is 348 g/mol. The molecule has 24 heavy (non-hydrogen) atoms. The van der Waals surface area contributed by atoms with Crippen molar-refractivity contribution < 1.29 is 17.9 Å². The zero-order chi connectivity index (χ0) is 17.7. The van der Waals surface area contributed by atoms with Crippen molar-refractivity contribution in [1.29, 1.82) is 5.26 Å². The number of nitrogens with one attached hydrogen (secondary N) is 1. The van der Waals surface area contributed by atoms with Crippen LogP contribution < -0.4 is 4.72 Å². The summed E-state index contributed by atoms with van der Waals surface area (Å²) >= 11 is 0. The molecule has 0 spiro atoms. The lowest BCUT2D eigenvalue weighted by Gasteiger charge is -2.18. The summed E-state index contributed by atoms with van der Waals surface area (Å²) in [5.74, 6) is -0.989. The van der Waals surface area contributed by atoms with E-state index in [1.165, 1.54) is 6.07 Å². The van der Waals surface area contributed by atoms with E-state index in [-0.39, 0.29) is 12.0 Å². The van der Waals surface area contributed by atoms with Crippen molar-refractivity contribution in [2.75, 3.05) is 0 Å². The Hall–Kier alpha value is -2.27. The van der Waals surface area contributed by atoms with E-state index in [4.69, 9.17) is 5.26 Å². The first-order valence-electron chi connectivity index (χ1n) is 7.28. The number of nitriles is 1. The summed E-state index contributed by atoms with van der Waals surface area (Å²) in [6, 6.07) is 13.1. The number of nitrogens with zero attached hydrogens (tertiary/aromatic N) is 1. The van der Waals surface area contributed by atoms with E-state index in [1.54, 1.807) is 37.3 Å². The molecule has 2 atom stereocenters. The summed E-state index contributed by atoms with van der Waals surface area (Å²) in [6.07, 6.45) is -0.698. The number of aliphatic hydroxyl groups is 1. The highest BCUT2D eigenvalue weighted by atomic mass is 32.2. The highest BCUT2D eigenvalue weighted by Gasteiger charge is 2.23. The topological polar surface area (TPSA) is 90.2 Å². The monoisotopic (exact) mass is 348 g/mol. The Kier molecular flexibility index (Phi) is 5.67. The Morgan fingerprint density at radius 2 is 1.92 bits per heavy atom. The third-order valence-corrected chi connectivity index (χ3v) is 5.09. The maximum absolute atomic E-state index is 13.9. The summed E-state index contributed by atoms with van der Waals surface area (Å²) < 4.78 is 40.8. The zero-order valence-electron chi connectivity index (χ0n) is 13.0. The second-order valence-corrected chi connectivity index (χ2v) is 7.12. The fourth-order valence-electron chi connectivity index (χ4n) is 2.31. The molecule has 2 rings (SSSR count). The Morgan fingerprint density at radius 1 is 1.25 bits per heavy atom. The van der Waals surface area contributed by atoms with Gasteiger partial charge in [0.25, 0.3) is 0 Å². The minimum atomic E-state index is -4.09. The predicted octanol–water partition coefficient (Wildman–Crippen LogP) is 2.49. The van der Waals surface area contributed by atoms with Crippen LogP contribution in [0, 0.1) is 17.1 Å². The van der Waals surface area contributed by atoms with Crippen molar-refractivity contribution in [3.05, 3.63) is 65.5 Å². The van der Waals surface area contributed by atoms with Crippen molar-refractivity contribution >= 4 is 10.0 Å². The fraction of sp³-hybridized carbons (Fsp3) is 0.235. The maximum Gasteiger partial charge on any atom is 0.243 e. The molecular formula is C17H17FN2O3S.